The Labute approximate surface area is 133 Å². The van der Waals surface area contributed by atoms with Crippen LogP contribution in [0.3, 0.4) is 0 Å². The zero-order chi connectivity index (χ0) is 16.6. The highest BCUT2D eigenvalue weighted by Gasteiger charge is 2.15. The van der Waals surface area contributed by atoms with Crippen molar-refractivity contribution in [3.63, 3.8) is 0 Å². The molecule has 2 N–H and O–H groups in total. The maximum atomic E-state index is 12.4. The Hall–Kier alpha value is -2.89. The first-order valence-corrected chi connectivity index (χ1v) is 7.42. The number of carbonyl (C=O) groups excluding carboxylic acids is 1. The molecular formula is C17H18N4O2. The van der Waals surface area contributed by atoms with Crippen molar-refractivity contribution in [1.29, 1.82) is 0 Å². The number of anilines is 1. The number of nitrogens with zero attached hydrogens (tertiary/aromatic N) is 3. The number of aromatic nitrogens is 3. The van der Waals surface area contributed by atoms with Gasteiger partial charge in [-0.1, -0.05) is 19.1 Å². The van der Waals surface area contributed by atoms with Gasteiger partial charge in [-0.15, -0.1) is 0 Å². The van der Waals surface area contributed by atoms with E-state index in [0.29, 0.717) is 12.1 Å². The Morgan fingerprint density at radius 3 is 2.91 bits per heavy atom. The summed E-state index contributed by atoms with van der Waals surface area (Å²) in [5.74, 6) is -0.334. The highest BCUT2D eigenvalue weighted by Crippen LogP contribution is 2.25. The SMILES string of the molecule is CCc1cccc(C(=O)Nc2cnc3c(c2)c(C)nn3C)c1O. The van der Waals surface area contributed by atoms with Gasteiger partial charge >= 0.3 is 0 Å². The molecule has 0 radical (unpaired) electrons. The highest BCUT2D eigenvalue weighted by atomic mass is 16.3. The Morgan fingerprint density at radius 1 is 1.39 bits per heavy atom. The van der Waals surface area contributed by atoms with E-state index in [1.165, 1.54) is 0 Å². The largest absolute Gasteiger partial charge is 0.507 e. The lowest BCUT2D eigenvalue weighted by Gasteiger charge is -2.09. The van der Waals surface area contributed by atoms with Gasteiger partial charge in [0, 0.05) is 12.4 Å². The number of para-hydroxylation sites is 1. The molecule has 6 heteroatoms. The van der Waals surface area contributed by atoms with Crippen LogP contribution in [-0.4, -0.2) is 25.8 Å². The Kier molecular flexibility index (Phi) is 3.73. The molecule has 0 spiro atoms. The van der Waals surface area contributed by atoms with E-state index in [4.69, 9.17) is 0 Å². The zero-order valence-corrected chi connectivity index (χ0v) is 13.3. The molecule has 2 heterocycles. The Bertz CT molecular complexity index is 899. The summed E-state index contributed by atoms with van der Waals surface area (Å²) in [7, 11) is 1.83. The van der Waals surface area contributed by atoms with Crippen molar-refractivity contribution in [1.82, 2.24) is 14.8 Å². The Morgan fingerprint density at radius 2 is 2.17 bits per heavy atom. The second-order valence-electron chi connectivity index (χ2n) is 5.43. The normalized spacial score (nSPS) is 10.9. The maximum Gasteiger partial charge on any atom is 0.259 e. The molecule has 0 bridgehead atoms. The third kappa shape index (κ3) is 2.63. The lowest BCUT2D eigenvalue weighted by molar-refractivity contribution is 0.102. The van der Waals surface area contributed by atoms with Gasteiger partial charge in [-0.2, -0.15) is 5.10 Å². The van der Waals surface area contributed by atoms with Crippen molar-refractivity contribution in [2.45, 2.75) is 20.3 Å². The van der Waals surface area contributed by atoms with E-state index in [-0.39, 0.29) is 17.2 Å². The van der Waals surface area contributed by atoms with Crippen LogP contribution in [-0.2, 0) is 13.5 Å². The van der Waals surface area contributed by atoms with Crippen LogP contribution in [0.5, 0.6) is 5.75 Å². The van der Waals surface area contributed by atoms with Crippen molar-refractivity contribution in [3.05, 3.63) is 47.3 Å². The number of hydrogen-bond donors (Lipinski definition) is 2. The molecule has 0 aliphatic rings. The first kappa shape index (κ1) is 15.0. The number of aryl methyl sites for hydroxylation is 3. The van der Waals surface area contributed by atoms with Crippen LogP contribution in [0.4, 0.5) is 5.69 Å². The quantitative estimate of drug-likeness (QED) is 0.779. The molecule has 1 aromatic carbocycles. The topological polar surface area (TPSA) is 80.0 Å². The van der Waals surface area contributed by atoms with Gasteiger partial charge in [0.05, 0.1) is 23.1 Å². The highest BCUT2D eigenvalue weighted by molar-refractivity contribution is 6.06. The Balaban J connectivity index is 1.93. The summed E-state index contributed by atoms with van der Waals surface area (Å²) >= 11 is 0. The summed E-state index contributed by atoms with van der Waals surface area (Å²) in [6.07, 6.45) is 2.25. The standard InChI is InChI=1S/C17H18N4O2/c1-4-11-6-5-7-13(15(11)22)17(23)19-12-8-14-10(2)20-21(3)16(14)18-9-12/h5-9,22H,4H2,1-3H3,(H,19,23). The molecule has 118 valence electrons. The van der Waals surface area contributed by atoms with Crippen molar-refractivity contribution in [2.75, 3.05) is 5.32 Å². The van der Waals surface area contributed by atoms with Gasteiger partial charge in [-0.05, 0) is 31.0 Å². The minimum atomic E-state index is -0.361. The van der Waals surface area contributed by atoms with E-state index in [1.54, 1.807) is 29.1 Å². The van der Waals surface area contributed by atoms with Gasteiger partial charge in [0.15, 0.2) is 5.65 Å². The summed E-state index contributed by atoms with van der Waals surface area (Å²) in [4.78, 5) is 16.7. The molecule has 0 saturated carbocycles. The van der Waals surface area contributed by atoms with E-state index in [2.05, 4.69) is 15.4 Å². The second kappa shape index (κ2) is 5.72. The zero-order valence-electron chi connectivity index (χ0n) is 13.3. The molecule has 2 aromatic heterocycles. The van der Waals surface area contributed by atoms with Gasteiger partial charge in [0.2, 0.25) is 0 Å². The number of fused-ring (bicyclic) bond motifs is 1. The summed E-state index contributed by atoms with van der Waals surface area (Å²) in [5, 5.41) is 18.1. The van der Waals surface area contributed by atoms with Gasteiger partial charge in [0.1, 0.15) is 5.75 Å². The number of benzene rings is 1. The third-order valence-electron chi connectivity index (χ3n) is 3.87. The lowest BCUT2D eigenvalue weighted by Crippen LogP contribution is -2.12. The molecule has 3 rings (SSSR count). The number of nitrogens with one attached hydrogen (secondary N) is 1. The van der Waals surface area contributed by atoms with Crippen LogP contribution >= 0.6 is 0 Å². The molecule has 3 aromatic rings. The van der Waals surface area contributed by atoms with Gasteiger partial charge in [-0.25, -0.2) is 4.98 Å². The van der Waals surface area contributed by atoms with Crippen molar-refractivity contribution in [2.24, 2.45) is 7.05 Å². The molecule has 23 heavy (non-hydrogen) atoms. The monoisotopic (exact) mass is 310 g/mol. The van der Waals surface area contributed by atoms with E-state index in [1.807, 2.05) is 27.0 Å². The fourth-order valence-electron chi connectivity index (χ4n) is 2.63. The fraction of sp³-hybridized carbons (Fsp3) is 0.235. The predicted octanol–water partition coefficient (Wildman–Crippen LogP) is 2.80. The number of carbonyl (C=O) groups is 1. The number of aromatic hydroxyl groups is 1. The van der Waals surface area contributed by atoms with Crippen LogP contribution in [0, 0.1) is 6.92 Å². The number of rotatable bonds is 3. The van der Waals surface area contributed by atoms with Gasteiger partial charge in [0.25, 0.3) is 5.91 Å². The first-order valence-electron chi connectivity index (χ1n) is 7.42. The third-order valence-corrected chi connectivity index (χ3v) is 3.87. The summed E-state index contributed by atoms with van der Waals surface area (Å²) in [6.45, 7) is 3.83. The first-order chi connectivity index (χ1) is 11.0. The molecule has 0 aliphatic carbocycles. The van der Waals surface area contributed by atoms with E-state index in [9.17, 15) is 9.90 Å². The molecule has 0 saturated heterocycles. The van der Waals surface area contributed by atoms with Crippen LogP contribution in [0.2, 0.25) is 0 Å². The number of pyridine rings is 1. The smallest absolute Gasteiger partial charge is 0.259 e. The van der Waals surface area contributed by atoms with Crippen LogP contribution < -0.4 is 5.32 Å². The minimum absolute atomic E-state index is 0.0269. The lowest BCUT2D eigenvalue weighted by atomic mass is 10.1. The molecule has 0 unspecified atom stereocenters. The molecular weight excluding hydrogens is 292 g/mol. The fourth-order valence-corrected chi connectivity index (χ4v) is 2.63. The molecule has 1 amide bonds. The number of hydrogen-bond acceptors (Lipinski definition) is 4. The molecule has 6 nitrogen and oxygen atoms in total. The number of phenols is 1. The van der Waals surface area contributed by atoms with Gasteiger partial charge in [-0.3, -0.25) is 9.48 Å². The summed E-state index contributed by atoms with van der Waals surface area (Å²) < 4.78 is 1.70. The number of phenolic OH excluding ortho intramolecular Hbond substituents is 1. The molecule has 0 aliphatic heterocycles. The van der Waals surface area contributed by atoms with Crippen molar-refractivity contribution in [3.8, 4) is 5.75 Å². The van der Waals surface area contributed by atoms with Crippen LogP contribution in [0.1, 0.15) is 28.5 Å². The van der Waals surface area contributed by atoms with E-state index >= 15 is 0 Å². The van der Waals surface area contributed by atoms with Crippen molar-refractivity contribution < 1.29 is 9.90 Å². The van der Waals surface area contributed by atoms with Gasteiger partial charge < -0.3 is 10.4 Å². The predicted molar refractivity (Wildman–Crippen MR) is 88.7 cm³/mol. The maximum absolute atomic E-state index is 12.4. The van der Waals surface area contributed by atoms with Crippen LogP contribution in [0.15, 0.2) is 30.5 Å². The average Bonchev–Trinajstić information content (AvgIpc) is 2.82. The van der Waals surface area contributed by atoms with E-state index in [0.717, 1.165) is 22.3 Å². The average molecular weight is 310 g/mol. The van der Waals surface area contributed by atoms with Crippen molar-refractivity contribution >= 4 is 22.6 Å². The van der Waals surface area contributed by atoms with Crippen LogP contribution in [0.25, 0.3) is 11.0 Å². The summed E-state index contributed by atoms with van der Waals surface area (Å²) in [6, 6.07) is 7.01. The molecule has 0 atom stereocenters. The molecule has 0 fully saturated rings. The second-order valence-corrected chi connectivity index (χ2v) is 5.43. The number of amides is 1. The summed E-state index contributed by atoms with van der Waals surface area (Å²) in [5.41, 5.74) is 3.18. The minimum Gasteiger partial charge on any atom is -0.507 e. The van der Waals surface area contributed by atoms with E-state index < -0.39 is 0 Å².